The number of aromatic carboxylic acids is 1. The lowest BCUT2D eigenvalue weighted by Gasteiger charge is -2.49. The number of hydrogen-bond acceptors (Lipinski definition) is 20. The monoisotopic (exact) mass is 1830 g/mol. The summed E-state index contributed by atoms with van der Waals surface area (Å²) in [6.45, 7) is 0.246. The summed E-state index contributed by atoms with van der Waals surface area (Å²) >= 11 is 55.8. The first-order valence-electron chi connectivity index (χ1n) is 34.3. The summed E-state index contributed by atoms with van der Waals surface area (Å²) in [5.41, 5.74) is 10.3. The van der Waals surface area contributed by atoms with E-state index < -0.39 is 85.8 Å². The van der Waals surface area contributed by atoms with Gasteiger partial charge < -0.3 is 45.7 Å². The van der Waals surface area contributed by atoms with Crippen LogP contribution >= 0.6 is 137 Å². The third kappa shape index (κ3) is 27.9. The zero-order chi connectivity index (χ0) is 84.2. The molecule has 4 aliphatic heterocycles. The predicted molar refractivity (Wildman–Crippen MR) is 441 cm³/mol. The second kappa shape index (κ2) is 46.5. The number of carbonyl (C=O) groups excluding carboxylic acids is 9. The second-order valence-corrected chi connectivity index (χ2v) is 31.8. The molecule has 26 nitrogen and oxygen atoms in total. The van der Waals surface area contributed by atoms with Crippen molar-refractivity contribution in [2.45, 2.75) is 114 Å². The van der Waals surface area contributed by atoms with Crippen LogP contribution in [0.2, 0.25) is 40.2 Å². The minimum Gasteiger partial charge on any atom is -0.478 e. The number of rotatable bonds is 19. The summed E-state index contributed by atoms with van der Waals surface area (Å²) in [7, 11) is 9.91. The normalized spacial score (nSPS) is 17.1. The molecule has 2 saturated carbocycles. The molecule has 6 N–H and O–H groups in total. The van der Waals surface area contributed by atoms with Gasteiger partial charge in [0.05, 0.1) is 76.7 Å². The smallest absolute Gasteiger partial charge is 0.411 e. The number of carboxylic acid groups (broad SMARTS) is 1. The molecule has 4 aromatic carbocycles. The van der Waals surface area contributed by atoms with Gasteiger partial charge in [0.2, 0.25) is 21.0 Å². The van der Waals surface area contributed by atoms with E-state index in [0.717, 1.165) is 68.1 Å². The van der Waals surface area contributed by atoms with Crippen LogP contribution < -0.4 is 21.7 Å². The number of pyridine rings is 4. The summed E-state index contributed by atoms with van der Waals surface area (Å²) in [6, 6.07) is 29.3. The maximum atomic E-state index is 13.7. The molecule has 5 amide bonds. The topological polar surface area (TPSA) is 365 Å². The van der Waals surface area contributed by atoms with E-state index >= 15 is 0 Å². The number of carbonyl (C=O) groups is 10. The number of ether oxygens (including phenoxy) is 4. The Hall–Kier alpha value is -8.39. The molecule has 0 spiro atoms. The first kappa shape index (κ1) is 93.8. The van der Waals surface area contributed by atoms with E-state index in [1.807, 2.05) is 72.8 Å². The lowest BCUT2D eigenvalue weighted by molar-refractivity contribution is -0.147. The van der Waals surface area contributed by atoms with Crippen LogP contribution in [-0.4, -0.2) is 148 Å². The number of hydrogen-bond donors (Lipinski definition) is 5. The summed E-state index contributed by atoms with van der Waals surface area (Å²) in [6.07, 6.45) is 16.4. The quantitative estimate of drug-likeness (QED) is 0.0217. The summed E-state index contributed by atoms with van der Waals surface area (Å²) in [5, 5.41) is 16.6. The number of nitrogens with zero attached hydrogens (tertiary/aromatic N) is 6. The number of nitrogen functional groups attached to an aromatic ring is 1. The summed E-state index contributed by atoms with van der Waals surface area (Å²) < 4.78 is 30.2. The Kier molecular flexibility index (Phi) is 37.9. The number of benzene rings is 4. The van der Waals surface area contributed by atoms with Crippen LogP contribution in [0.15, 0.2) is 159 Å². The van der Waals surface area contributed by atoms with E-state index in [1.54, 1.807) is 46.2 Å². The van der Waals surface area contributed by atoms with Crippen molar-refractivity contribution in [3.05, 3.63) is 243 Å². The predicted octanol–water partition coefficient (Wildman–Crippen LogP) is 17.1. The van der Waals surface area contributed by atoms with Crippen molar-refractivity contribution < 1.29 is 76.2 Å². The number of nitrogens with one attached hydrogen (secondary N) is 3. The highest BCUT2D eigenvalue weighted by Gasteiger charge is 2.50. The Morgan fingerprint density at radius 3 is 1.05 bits per heavy atom. The molecule has 0 radical (unpaired) electrons. The summed E-state index contributed by atoms with van der Waals surface area (Å²) in [4.78, 5) is 141. The minimum atomic E-state index is -1.67. The number of piperidine rings is 4. The Balaban J connectivity index is 0.000000223. The molecule has 6 aliphatic rings. The Bertz CT molecular complexity index is 4530. The SMILES string of the molecule is COC(=O)[C@H](Cc1ccc(N)cc1)NC(=O)C1C2CCC(CC2)N1C(=O)OCc1ccccc1.COC(=O)[C@H](Cc1ccc(NC(=O)c2c(Cl)cncc2Cl)cc1)NC(=O)C1C2CCC(CC2)N1C(=O)OCc1ccccc1.O=C(Cl)c1c(Cl)cncc1Cl.O=C(Cl)c1c(Cl)cncc1Cl.O=C(O)c1c(Cl)cncc1Cl.O=S(Cl)Cl. The number of carboxylic acids is 1. The fourth-order valence-electron chi connectivity index (χ4n) is 12.8. The van der Waals surface area contributed by atoms with Crippen molar-refractivity contribution in [1.29, 1.82) is 0 Å². The second-order valence-electron chi connectivity index (χ2n) is 25.3. The first-order chi connectivity index (χ1) is 54.8. The highest BCUT2D eigenvalue weighted by molar-refractivity contribution is 8.26. The molecule has 4 aromatic heterocycles. The molecule has 115 heavy (non-hydrogen) atoms. The van der Waals surface area contributed by atoms with Crippen LogP contribution in [0.4, 0.5) is 21.0 Å². The average molecular weight is 1840 g/mol. The molecule has 4 bridgehead atoms. The van der Waals surface area contributed by atoms with E-state index in [9.17, 15) is 47.9 Å². The van der Waals surface area contributed by atoms with Gasteiger partial charge in [0, 0.05) is 107 Å². The molecule has 14 rings (SSSR count). The number of aromatic nitrogens is 4. The third-order valence-corrected chi connectivity index (χ3v) is 20.7. The van der Waals surface area contributed by atoms with Crippen molar-refractivity contribution in [2.75, 3.05) is 25.3 Å². The zero-order valence-electron chi connectivity index (χ0n) is 60.4. The van der Waals surface area contributed by atoms with Gasteiger partial charge in [0.15, 0.2) is 0 Å². The maximum absolute atomic E-state index is 13.7. The van der Waals surface area contributed by atoms with Crippen LogP contribution in [0.25, 0.3) is 0 Å². The number of methoxy groups -OCH3 is 2. The minimum absolute atomic E-state index is 0.0316. The van der Waals surface area contributed by atoms with Gasteiger partial charge in [-0.25, -0.2) is 28.2 Å². The van der Waals surface area contributed by atoms with Crippen LogP contribution in [0.5, 0.6) is 0 Å². The van der Waals surface area contributed by atoms with Crippen LogP contribution in [0, 0.1) is 11.8 Å². The summed E-state index contributed by atoms with van der Waals surface area (Å²) in [5.74, 6) is -3.57. The molecule has 8 heterocycles. The molecular weight excluding hydrogens is 1770 g/mol. The molecule has 39 heteroatoms. The number of nitrogens with two attached hydrogens (primary N) is 1. The van der Waals surface area contributed by atoms with E-state index in [4.69, 9.17) is 150 Å². The first-order valence-corrected chi connectivity index (χ1v) is 40.9. The molecule has 4 saturated heterocycles. The van der Waals surface area contributed by atoms with Crippen molar-refractivity contribution in [1.82, 2.24) is 40.4 Å². The Morgan fingerprint density at radius 1 is 0.461 bits per heavy atom. The van der Waals surface area contributed by atoms with Gasteiger partial charge in [-0.2, -0.15) is 0 Å². The number of esters is 2. The van der Waals surface area contributed by atoms with Gasteiger partial charge in [-0.1, -0.05) is 178 Å². The van der Waals surface area contributed by atoms with Crippen molar-refractivity contribution in [3.63, 3.8) is 0 Å². The highest BCUT2D eigenvalue weighted by atomic mass is 36.0. The van der Waals surface area contributed by atoms with Crippen molar-refractivity contribution in [3.8, 4) is 0 Å². The van der Waals surface area contributed by atoms with Gasteiger partial charge in [0.1, 0.15) is 37.4 Å². The van der Waals surface area contributed by atoms with E-state index in [1.165, 1.54) is 63.8 Å². The number of anilines is 2. The number of halogens is 12. The molecule has 610 valence electrons. The molecule has 2 aliphatic carbocycles. The third-order valence-electron chi connectivity index (χ3n) is 18.1. The molecule has 4 atom stereocenters. The Labute approximate surface area is 721 Å². The van der Waals surface area contributed by atoms with Gasteiger partial charge in [-0.3, -0.25) is 53.7 Å². The Morgan fingerprint density at radius 2 is 0.765 bits per heavy atom. The lowest BCUT2D eigenvalue weighted by atomic mass is 9.74. The van der Waals surface area contributed by atoms with Crippen molar-refractivity contribution >= 4 is 216 Å². The van der Waals surface area contributed by atoms with Crippen LogP contribution in [-0.2, 0) is 73.4 Å². The standard InChI is InChI=1S/C32H32Cl2N4O6.C26H31N3O5.2C6H2Cl3NO.C6H3Cl2NO2.Cl2OS/c1-43-31(41)26(15-19-7-11-22(12-8-19)36-29(39)27-24(33)16-35-17-25(27)34)37-30(40)28-21-9-13-23(14-10-21)38(28)32(42)44-18-20-5-3-2-4-6-20;1-33-25(31)22(15-17-7-11-20(27)12-8-17)28-24(30)23-19-9-13-21(14-10-19)29(23)26(32)34-16-18-5-3-2-4-6-18;2*7-3-1-10-2-4(8)5(3)6(9)11;7-3-1-9-2-4(8)5(3)6(10)11;1-4(2)3/h2-8,11-12,16-17,21,23,26,28H,9-10,13-15,18H2,1H3,(H,36,39)(H,37,40);2-8,11-12,19,21-23H,9-10,13-16,27H2,1H3,(H,28,30);2*1-2H;1-2H,(H,10,11);/t21?,23?,26-,28?;19?,21?,22-,23?;;;;/m00..../s1. The number of amides is 5. The molecular formula is C76H70Cl12N10O16S. The molecule has 2 unspecified atom stereocenters. The highest BCUT2D eigenvalue weighted by Crippen LogP contribution is 2.42. The lowest BCUT2D eigenvalue weighted by Crippen LogP contribution is -2.64. The zero-order valence-corrected chi connectivity index (χ0v) is 70.3. The fourth-order valence-corrected chi connectivity index (χ4v) is 15.5. The maximum Gasteiger partial charge on any atom is 0.411 e. The van der Waals surface area contributed by atoms with Gasteiger partial charge >= 0.3 is 30.1 Å². The van der Waals surface area contributed by atoms with Gasteiger partial charge in [0.25, 0.3) is 16.4 Å². The average Bonchev–Trinajstić information content (AvgIpc) is 0.769. The van der Waals surface area contributed by atoms with Gasteiger partial charge in [-0.05, 0) is 133 Å². The van der Waals surface area contributed by atoms with Crippen molar-refractivity contribution in [2.24, 2.45) is 11.8 Å². The molecule has 6 fully saturated rings. The van der Waals surface area contributed by atoms with E-state index in [-0.39, 0.29) is 118 Å². The largest absolute Gasteiger partial charge is 0.478 e. The van der Waals surface area contributed by atoms with Crippen LogP contribution in [0.1, 0.15) is 115 Å². The van der Waals surface area contributed by atoms with Crippen LogP contribution in [0.3, 0.4) is 0 Å². The van der Waals surface area contributed by atoms with E-state index in [2.05, 4.69) is 57.3 Å². The van der Waals surface area contributed by atoms with Gasteiger partial charge in [-0.15, -0.1) is 0 Å². The van der Waals surface area contributed by atoms with E-state index in [0.29, 0.717) is 16.9 Å². The fraction of sp³-hybridized carbons (Fsp3) is 0.289. The molecule has 8 aromatic rings. The number of fused-ring (bicyclic) bond motifs is 6.